The number of carbonyl (C=O) groups is 1. The number of ketones is 1. The first-order valence-electron chi connectivity index (χ1n) is 6.24. The van der Waals surface area contributed by atoms with Crippen LogP contribution in [0.4, 0.5) is 0 Å². The van der Waals surface area contributed by atoms with Gasteiger partial charge in [-0.05, 0) is 46.5 Å². The zero-order chi connectivity index (χ0) is 11.3. The summed E-state index contributed by atoms with van der Waals surface area (Å²) >= 11 is 0. The molecule has 1 heterocycles. The lowest BCUT2D eigenvalue weighted by atomic mass is 9.83. The highest BCUT2D eigenvalue weighted by atomic mass is 16.1. The van der Waals surface area contributed by atoms with Gasteiger partial charge in [0.25, 0.3) is 0 Å². The van der Waals surface area contributed by atoms with Crippen molar-refractivity contribution in [3.8, 4) is 0 Å². The molecule has 1 spiro atoms. The van der Waals surface area contributed by atoms with Crippen molar-refractivity contribution < 1.29 is 4.79 Å². The number of piperidine rings is 1. The predicted molar refractivity (Wildman–Crippen MR) is 61.8 cm³/mol. The van der Waals surface area contributed by atoms with Gasteiger partial charge in [-0.15, -0.1) is 0 Å². The molecule has 0 N–H and O–H groups in total. The second-order valence-corrected chi connectivity index (χ2v) is 6.11. The minimum atomic E-state index is -0.0445. The van der Waals surface area contributed by atoms with Crippen molar-refractivity contribution in [3.05, 3.63) is 0 Å². The molecule has 0 aromatic carbocycles. The Hall–Kier alpha value is -0.370. The summed E-state index contributed by atoms with van der Waals surface area (Å²) < 4.78 is 0. The zero-order valence-corrected chi connectivity index (χ0v) is 10.5. The number of likely N-dealkylation sites (tertiary alicyclic amines) is 1. The first-order valence-corrected chi connectivity index (χ1v) is 6.24. The average Bonchev–Trinajstić information content (AvgIpc) is 2.89. The fourth-order valence-corrected chi connectivity index (χ4v) is 3.14. The van der Waals surface area contributed by atoms with Crippen LogP contribution in [0.25, 0.3) is 0 Å². The van der Waals surface area contributed by atoms with Gasteiger partial charge in [0.05, 0.1) is 5.54 Å². The Morgan fingerprint density at radius 1 is 1.40 bits per heavy atom. The van der Waals surface area contributed by atoms with E-state index in [1.165, 1.54) is 0 Å². The quantitative estimate of drug-likeness (QED) is 0.661. The average molecular weight is 209 g/mol. The van der Waals surface area contributed by atoms with Gasteiger partial charge in [-0.3, -0.25) is 9.69 Å². The largest absolute Gasteiger partial charge is 0.297 e. The van der Waals surface area contributed by atoms with Crippen LogP contribution in [-0.2, 0) is 4.79 Å². The van der Waals surface area contributed by atoms with E-state index in [1.807, 2.05) is 0 Å². The van der Waals surface area contributed by atoms with E-state index in [4.69, 9.17) is 0 Å². The summed E-state index contributed by atoms with van der Waals surface area (Å²) in [6, 6.07) is 0. The van der Waals surface area contributed by atoms with Gasteiger partial charge in [0, 0.05) is 18.0 Å². The highest BCUT2D eigenvalue weighted by Crippen LogP contribution is 2.50. The Morgan fingerprint density at radius 3 is 2.40 bits per heavy atom. The summed E-state index contributed by atoms with van der Waals surface area (Å²) in [7, 11) is 0. The first kappa shape index (κ1) is 11.1. The number of rotatable bonds is 1. The lowest BCUT2D eigenvalue weighted by molar-refractivity contribution is -0.137. The maximum Gasteiger partial charge on any atom is 0.156 e. The fourth-order valence-electron chi connectivity index (χ4n) is 3.14. The monoisotopic (exact) mass is 209 g/mol. The van der Waals surface area contributed by atoms with E-state index in [-0.39, 0.29) is 11.1 Å². The standard InChI is InChI=1S/C13H23NO/c1-5-10-6-9-14(12(2,3)4)13(7-8-13)11(10)15/h10H,5-9H2,1-4H3. The third-order valence-corrected chi connectivity index (χ3v) is 4.07. The molecule has 0 radical (unpaired) electrons. The molecular weight excluding hydrogens is 186 g/mol. The van der Waals surface area contributed by atoms with Crippen LogP contribution in [-0.4, -0.2) is 28.3 Å². The van der Waals surface area contributed by atoms with Gasteiger partial charge < -0.3 is 0 Å². The molecule has 2 heteroatoms. The predicted octanol–water partition coefficient (Wildman–Crippen LogP) is 2.62. The zero-order valence-electron chi connectivity index (χ0n) is 10.5. The Balaban J connectivity index is 2.22. The highest BCUT2D eigenvalue weighted by Gasteiger charge is 2.59. The Morgan fingerprint density at radius 2 is 2.00 bits per heavy atom. The minimum absolute atomic E-state index is 0.0445. The summed E-state index contributed by atoms with van der Waals surface area (Å²) in [5, 5.41) is 0. The van der Waals surface area contributed by atoms with Crippen molar-refractivity contribution in [2.75, 3.05) is 6.54 Å². The van der Waals surface area contributed by atoms with Crippen LogP contribution < -0.4 is 0 Å². The van der Waals surface area contributed by atoms with E-state index >= 15 is 0 Å². The fraction of sp³-hybridized carbons (Fsp3) is 0.923. The first-order chi connectivity index (χ1) is 6.92. The van der Waals surface area contributed by atoms with Gasteiger partial charge in [-0.25, -0.2) is 0 Å². The molecule has 1 unspecified atom stereocenters. The third-order valence-electron chi connectivity index (χ3n) is 4.07. The summed E-state index contributed by atoms with van der Waals surface area (Å²) in [4.78, 5) is 14.8. The molecule has 2 aliphatic rings. The number of hydrogen-bond acceptors (Lipinski definition) is 2. The van der Waals surface area contributed by atoms with Crippen molar-refractivity contribution in [1.82, 2.24) is 4.90 Å². The van der Waals surface area contributed by atoms with Crippen LogP contribution in [0.15, 0.2) is 0 Å². The van der Waals surface area contributed by atoms with E-state index in [0.717, 1.165) is 32.2 Å². The van der Waals surface area contributed by atoms with Crippen LogP contribution >= 0.6 is 0 Å². The molecule has 1 saturated carbocycles. The molecule has 1 aliphatic heterocycles. The molecule has 0 amide bonds. The smallest absolute Gasteiger partial charge is 0.156 e. The lowest BCUT2D eigenvalue weighted by Gasteiger charge is -2.46. The molecule has 1 atom stereocenters. The summed E-state index contributed by atoms with van der Waals surface area (Å²) in [5.74, 6) is 0.872. The summed E-state index contributed by atoms with van der Waals surface area (Å²) in [5.41, 5.74) is 0.0993. The van der Waals surface area contributed by atoms with Gasteiger partial charge in [0.15, 0.2) is 5.78 Å². The Labute approximate surface area is 93.0 Å². The molecule has 2 nitrogen and oxygen atoms in total. The number of hydrogen-bond donors (Lipinski definition) is 0. The van der Waals surface area contributed by atoms with Crippen LogP contribution in [0.2, 0.25) is 0 Å². The van der Waals surface area contributed by atoms with Gasteiger partial charge >= 0.3 is 0 Å². The number of nitrogens with zero attached hydrogens (tertiary/aromatic N) is 1. The molecule has 0 aromatic rings. The molecule has 2 rings (SSSR count). The SMILES string of the molecule is CCC1CCN(C(C)(C)C)C2(CC2)C1=O. The number of Topliss-reactive ketones (excluding diaryl/α,β-unsaturated/α-hetero) is 1. The van der Waals surface area contributed by atoms with Crippen molar-refractivity contribution in [3.63, 3.8) is 0 Å². The highest BCUT2D eigenvalue weighted by molar-refractivity contribution is 5.94. The van der Waals surface area contributed by atoms with Crippen LogP contribution in [0.5, 0.6) is 0 Å². The van der Waals surface area contributed by atoms with Crippen LogP contribution in [0.3, 0.4) is 0 Å². The molecule has 15 heavy (non-hydrogen) atoms. The van der Waals surface area contributed by atoms with E-state index in [2.05, 4.69) is 32.6 Å². The van der Waals surface area contributed by atoms with Crippen LogP contribution in [0, 0.1) is 5.92 Å². The third kappa shape index (κ3) is 1.63. The van der Waals surface area contributed by atoms with Crippen LogP contribution in [0.1, 0.15) is 53.4 Å². The van der Waals surface area contributed by atoms with E-state index < -0.39 is 0 Å². The second kappa shape index (κ2) is 3.31. The summed E-state index contributed by atoms with van der Waals surface area (Å²) in [6.45, 7) is 9.94. The molecule has 1 saturated heterocycles. The molecular formula is C13H23NO. The molecule has 0 aromatic heterocycles. The molecule has 1 aliphatic carbocycles. The van der Waals surface area contributed by atoms with E-state index in [9.17, 15) is 4.79 Å². The normalized spacial score (nSPS) is 30.9. The maximum absolute atomic E-state index is 12.4. The van der Waals surface area contributed by atoms with Crippen molar-refractivity contribution in [1.29, 1.82) is 0 Å². The van der Waals surface area contributed by atoms with E-state index in [0.29, 0.717) is 11.7 Å². The van der Waals surface area contributed by atoms with Gasteiger partial charge in [0.1, 0.15) is 0 Å². The van der Waals surface area contributed by atoms with Crippen molar-refractivity contribution >= 4 is 5.78 Å². The Bertz CT molecular complexity index is 273. The number of carbonyl (C=O) groups excluding carboxylic acids is 1. The molecule has 86 valence electrons. The van der Waals surface area contributed by atoms with Crippen molar-refractivity contribution in [2.24, 2.45) is 5.92 Å². The molecule has 2 fully saturated rings. The second-order valence-electron chi connectivity index (χ2n) is 6.11. The summed E-state index contributed by atoms with van der Waals surface area (Å²) in [6.07, 6.45) is 4.28. The van der Waals surface area contributed by atoms with Gasteiger partial charge in [-0.1, -0.05) is 6.92 Å². The van der Waals surface area contributed by atoms with Gasteiger partial charge in [0.2, 0.25) is 0 Å². The van der Waals surface area contributed by atoms with E-state index in [1.54, 1.807) is 0 Å². The Kier molecular flexibility index (Phi) is 2.45. The van der Waals surface area contributed by atoms with Crippen molar-refractivity contribution in [2.45, 2.75) is 64.5 Å². The topological polar surface area (TPSA) is 20.3 Å². The lowest BCUT2D eigenvalue weighted by Crippen LogP contribution is -2.58. The minimum Gasteiger partial charge on any atom is -0.297 e. The molecule has 0 bridgehead atoms. The maximum atomic E-state index is 12.4. The van der Waals surface area contributed by atoms with Gasteiger partial charge in [-0.2, -0.15) is 0 Å².